The number of benzene rings is 2. The number of aromatic nitrogens is 2. The summed E-state index contributed by atoms with van der Waals surface area (Å²) in [5.74, 6) is 0.602. The van der Waals surface area contributed by atoms with Gasteiger partial charge in [0.05, 0.1) is 12.3 Å². The molecular weight excluding hydrogens is 418 g/mol. The minimum absolute atomic E-state index is 0.0230. The minimum atomic E-state index is -3.51. The third kappa shape index (κ3) is 4.57. The first-order valence-corrected chi connectivity index (χ1v) is 10.3. The summed E-state index contributed by atoms with van der Waals surface area (Å²) in [5, 5.41) is 3.94. The molecule has 136 valence electrons. The smallest absolute Gasteiger partial charge is 0.242 e. The van der Waals surface area contributed by atoms with E-state index in [0.29, 0.717) is 11.4 Å². The van der Waals surface area contributed by atoms with Gasteiger partial charge in [0.15, 0.2) is 0 Å². The zero-order valence-corrected chi connectivity index (χ0v) is 16.8. The van der Waals surface area contributed by atoms with Gasteiger partial charge in [0.2, 0.25) is 21.7 Å². The maximum atomic E-state index is 12.6. The molecule has 3 rings (SSSR count). The van der Waals surface area contributed by atoms with Gasteiger partial charge in [-0.3, -0.25) is 0 Å². The van der Waals surface area contributed by atoms with E-state index in [0.717, 1.165) is 15.6 Å². The molecule has 1 heterocycles. The number of halogens is 1. The Balaban J connectivity index is 1.72. The van der Waals surface area contributed by atoms with E-state index in [1.807, 2.05) is 37.3 Å². The molecule has 0 saturated carbocycles. The Kier molecular flexibility index (Phi) is 5.55. The first-order valence-electron chi connectivity index (χ1n) is 7.91. The van der Waals surface area contributed by atoms with Crippen LogP contribution >= 0.6 is 15.9 Å². The highest BCUT2D eigenvalue weighted by atomic mass is 79.9. The molecule has 0 unspecified atom stereocenters. The van der Waals surface area contributed by atoms with Crippen LogP contribution in [0.4, 0.5) is 0 Å². The molecule has 0 fully saturated rings. The van der Waals surface area contributed by atoms with Crippen molar-refractivity contribution >= 4 is 26.0 Å². The molecule has 26 heavy (non-hydrogen) atoms. The van der Waals surface area contributed by atoms with Gasteiger partial charge < -0.3 is 4.52 Å². The number of hydrogen-bond donors (Lipinski definition) is 0. The van der Waals surface area contributed by atoms with Gasteiger partial charge in [-0.15, -0.1) is 0 Å². The molecule has 0 aliphatic carbocycles. The van der Waals surface area contributed by atoms with E-state index in [1.165, 1.54) is 11.4 Å². The highest BCUT2D eigenvalue weighted by molar-refractivity contribution is 9.10. The number of sulfonamides is 1. The summed E-state index contributed by atoms with van der Waals surface area (Å²) in [5.41, 5.74) is 2.62. The van der Waals surface area contributed by atoms with Crippen molar-refractivity contribution in [1.29, 1.82) is 0 Å². The van der Waals surface area contributed by atoms with E-state index in [-0.39, 0.29) is 18.2 Å². The van der Waals surface area contributed by atoms with E-state index < -0.39 is 10.0 Å². The molecule has 0 aliphatic rings. The van der Waals surface area contributed by atoms with Crippen LogP contribution in [0.3, 0.4) is 0 Å². The van der Waals surface area contributed by atoms with Gasteiger partial charge >= 0.3 is 0 Å². The zero-order chi connectivity index (χ0) is 18.7. The van der Waals surface area contributed by atoms with Crippen molar-refractivity contribution in [3.63, 3.8) is 0 Å². The Morgan fingerprint density at radius 3 is 2.65 bits per heavy atom. The Hall–Kier alpha value is -2.03. The first-order chi connectivity index (χ1) is 12.3. The summed E-state index contributed by atoms with van der Waals surface area (Å²) >= 11 is 3.35. The largest absolute Gasteiger partial charge is 0.338 e. The lowest BCUT2D eigenvalue weighted by atomic mass is 10.1. The van der Waals surface area contributed by atoms with Gasteiger partial charge in [0.25, 0.3) is 0 Å². The second-order valence-electron chi connectivity index (χ2n) is 6.02. The highest BCUT2D eigenvalue weighted by Crippen LogP contribution is 2.19. The normalized spacial score (nSPS) is 11.8. The second-order valence-corrected chi connectivity index (χ2v) is 9.01. The first kappa shape index (κ1) is 18.8. The average molecular weight is 436 g/mol. The second kappa shape index (κ2) is 7.69. The molecule has 0 N–H and O–H groups in total. The fraction of sp³-hybridized carbons (Fsp3) is 0.222. The lowest BCUT2D eigenvalue weighted by Crippen LogP contribution is -2.27. The Labute approximate surface area is 161 Å². The maximum Gasteiger partial charge on any atom is 0.242 e. The number of aryl methyl sites for hydroxylation is 1. The molecule has 6 nitrogen and oxygen atoms in total. The molecular formula is C18H18BrN3O3S. The monoisotopic (exact) mass is 435 g/mol. The predicted molar refractivity (Wildman–Crippen MR) is 103 cm³/mol. The molecule has 0 aliphatic heterocycles. The highest BCUT2D eigenvalue weighted by Gasteiger charge is 2.21. The molecule has 0 spiro atoms. The molecule has 0 radical (unpaired) electrons. The van der Waals surface area contributed by atoms with Crippen molar-refractivity contribution in [1.82, 2.24) is 14.4 Å². The standard InChI is InChI=1S/C18H18BrN3O3S/c1-13-5-3-7-15(9-13)18-20-17(25-21-18)11-22(2)26(23,24)12-14-6-4-8-16(19)10-14/h3-10H,11-12H2,1-2H3. The molecule has 0 bridgehead atoms. The van der Waals surface area contributed by atoms with E-state index in [2.05, 4.69) is 26.1 Å². The van der Waals surface area contributed by atoms with Gasteiger partial charge in [-0.2, -0.15) is 9.29 Å². The van der Waals surface area contributed by atoms with Crippen molar-refractivity contribution in [2.45, 2.75) is 19.2 Å². The summed E-state index contributed by atoms with van der Waals surface area (Å²) in [4.78, 5) is 4.30. The van der Waals surface area contributed by atoms with Gasteiger partial charge in [-0.25, -0.2) is 8.42 Å². The van der Waals surface area contributed by atoms with Crippen LogP contribution in [0.5, 0.6) is 0 Å². The third-order valence-electron chi connectivity index (χ3n) is 3.82. The summed E-state index contributed by atoms with van der Waals surface area (Å²) in [7, 11) is -2.00. The maximum absolute atomic E-state index is 12.6. The molecule has 3 aromatic rings. The van der Waals surface area contributed by atoms with Crippen LogP contribution in [0.1, 0.15) is 17.0 Å². The van der Waals surface area contributed by atoms with Crippen LogP contribution in [-0.4, -0.2) is 29.9 Å². The summed E-state index contributed by atoms with van der Waals surface area (Å²) in [6.07, 6.45) is 0. The SMILES string of the molecule is Cc1cccc(-c2noc(CN(C)S(=O)(=O)Cc3cccc(Br)c3)n2)c1. The van der Waals surface area contributed by atoms with Crippen molar-refractivity contribution in [2.75, 3.05) is 7.05 Å². The topological polar surface area (TPSA) is 76.3 Å². The zero-order valence-electron chi connectivity index (χ0n) is 14.4. The Morgan fingerprint density at radius 2 is 1.92 bits per heavy atom. The predicted octanol–water partition coefficient (Wildman–Crippen LogP) is 3.77. The molecule has 1 aromatic heterocycles. The van der Waals surface area contributed by atoms with E-state index in [4.69, 9.17) is 4.52 Å². The Morgan fingerprint density at radius 1 is 1.15 bits per heavy atom. The van der Waals surface area contributed by atoms with Gasteiger partial charge in [0.1, 0.15) is 0 Å². The summed E-state index contributed by atoms with van der Waals surface area (Å²) in [6.45, 7) is 2.00. The number of hydrogen-bond acceptors (Lipinski definition) is 5. The number of nitrogens with zero attached hydrogens (tertiary/aromatic N) is 3. The van der Waals surface area contributed by atoms with Crippen LogP contribution in [0.2, 0.25) is 0 Å². The third-order valence-corrected chi connectivity index (χ3v) is 6.09. The van der Waals surface area contributed by atoms with Crippen molar-refractivity contribution < 1.29 is 12.9 Å². The number of rotatable bonds is 6. The molecule has 0 saturated heterocycles. The summed E-state index contributed by atoms with van der Waals surface area (Å²) < 4.78 is 32.4. The average Bonchev–Trinajstić information content (AvgIpc) is 3.03. The van der Waals surface area contributed by atoms with Gasteiger partial charge in [-0.05, 0) is 30.7 Å². The van der Waals surface area contributed by atoms with Crippen LogP contribution in [0, 0.1) is 6.92 Å². The van der Waals surface area contributed by atoms with Crippen molar-refractivity contribution in [3.8, 4) is 11.4 Å². The molecule has 8 heteroatoms. The van der Waals surface area contributed by atoms with Crippen LogP contribution in [0.25, 0.3) is 11.4 Å². The summed E-state index contributed by atoms with van der Waals surface area (Å²) in [6, 6.07) is 14.9. The minimum Gasteiger partial charge on any atom is -0.338 e. The van der Waals surface area contributed by atoms with Crippen LogP contribution < -0.4 is 0 Å². The van der Waals surface area contributed by atoms with Crippen LogP contribution in [-0.2, 0) is 22.3 Å². The quantitative estimate of drug-likeness (QED) is 0.588. The van der Waals surface area contributed by atoms with Gasteiger partial charge in [0, 0.05) is 17.1 Å². The van der Waals surface area contributed by atoms with Crippen molar-refractivity contribution in [2.24, 2.45) is 0 Å². The fourth-order valence-corrected chi connectivity index (χ4v) is 4.03. The van der Waals surface area contributed by atoms with E-state index >= 15 is 0 Å². The lowest BCUT2D eigenvalue weighted by Gasteiger charge is -2.15. The van der Waals surface area contributed by atoms with Crippen LogP contribution in [0.15, 0.2) is 57.5 Å². The molecule has 0 amide bonds. The molecule has 2 aromatic carbocycles. The van der Waals surface area contributed by atoms with E-state index in [9.17, 15) is 8.42 Å². The Bertz CT molecular complexity index is 1020. The van der Waals surface area contributed by atoms with E-state index in [1.54, 1.807) is 18.2 Å². The molecule has 0 atom stereocenters. The van der Waals surface area contributed by atoms with Gasteiger partial charge in [-0.1, -0.05) is 57.0 Å². The van der Waals surface area contributed by atoms with Crippen molar-refractivity contribution in [3.05, 3.63) is 70.0 Å². The fourth-order valence-electron chi connectivity index (χ4n) is 2.46. The lowest BCUT2D eigenvalue weighted by molar-refractivity contribution is 0.336.